The van der Waals surface area contributed by atoms with Gasteiger partial charge in [0.1, 0.15) is 0 Å². The van der Waals surface area contributed by atoms with Crippen molar-refractivity contribution in [3.8, 4) is 0 Å². The van der Waals surface area contributed by atoms with E-state index in [2.05, 4.69) is 9.97 Å². The van der Waals surface area contributed by atoms with E-state index in [9.17, 15) is 4.79 Å². The van der Waals surface area contributed by atoms with Crippen LogP contribution >= 0.6 is 0 Å². The highest BCUT2D eigenvalue weighted by atomic mass is 16.1. The molecule has 5 nitrogen and oxygen atoms in total. The summed E-state index contributed by atoms with van der Waals surface area (Å²) in [5.41, 5.74) is 17.0. The van der Waals surface area contributed by atoms with Gasteiger partial charge >= 0.3 is 0 Å². The predicted molar refractivity (Wildman–Crippen MR) is 105 cm³/mol. The van der Waals surface area contributed by atoms with Crippen LogP contribution < -0.4 is 11.5 Å². The molecule has 0 aliphatic heterocycles. The lowest BCUT2D eigenvalue weighted by molar-refractivity contribution is 0.103. The summed E-state index contributed by atoms with van der Waals surface area (Å²) in [6.07, 6.45) is 0. The topological polar surface area (TPSA) is 94.9 Å². The van der Waals surface area contributed by atoms with E-state index in [1.54, 1.807) is 13.8 Å². The van der Waals surface area contributed by atoms with E-state index in [1.807, 2.05) is 48.5 Å². The van der Waals surface area contributed by atoms with Gasteiger partial charge in [-0.05, 0) is 26.0 Å². The van der Waals surface area contributed by atoms with Crippen LogP contribution in [0, 0.1) is 13.8 Å². The lowest BCUT2D eigenvalue weighted by atomic mass is 9.95. The van der Waals surface area contributed by atoms with Gasteiger partial charge in [0, 0.05) is 10.8 Å². The molecule has 0 radical (unpaired) electrons. The number of aryl methyl sites for hydroxylation is 2. The van der Waals surface area contributed by atoms with Crippen molar-refractivity contribution >= 4 is 39.0 Å². The number of ketones is 1. The third-order valence-corrected chi connectivity index (χ3v) is 4.68. The van der Waals surface area contributed by atoms with Crippen molar-refractivity contribution in [1.29, 1.82) is 0 Å². The number of rotatable bonds is 2. The number of pyridine rings is 2. The van der Waals surface area contributed by atoms with Crippen molar-refractivity contribution in [2.45, 2.75) is 13.8 Å². The lowest BCUT2D eigenvalue weighted by Gasteiger charge is -2.15. The van der Waals surface area contributed by atoms with Crippen molar-refractivity contribution in [3.05, 3.63) is 71.0 Å². The first-order chi connectivity index (χ1) is 12.5. The highest BCUT2D eigenvalue weighted by Crippen LogP contribution is 2.32. The van der Waals surface area contributed by atoms with Gasteiger partial charge in [-0.25, -0.2) is 0 Å². The number of fused-ring (bicyclic) bond motifs is 2. The van der Waals surface area contributed by atoms with E-state index in [0.29, 0.717) is 33.9 Å². The Kier molecular flexibility index (Phi) is 3.58. The van der Waals surface area contributed by atoms with E-state index >= 15 is 0 Å². The number of aromatic nitrogens is 2. The standard InChI is InChI=1S/C21H18N4O/c1-11-17(19(22)13-7-3-5-9-15(13)24-11)21(26)18-12(2)25-16-10-6-4-8-14(16)20(18)23/h3-10H,1-2H3,(H2,22,24)(H2,23,25). The summed E-state index contributed by atoms with van der Waals surface area (Å²) in [6.45, 7) is 3.58. The molecule has 0 fully saturated rings. The molecule has 4 rings (SSSR count). The number of anilines is 2. The van der Waals surface area contributed by atoms with Gasteiger partial charge in [-0.3, -0.25) is 14.8 Å². The summed E-state index contributed by atoms with van der Waals surface area (Å²) >= 11 is 0. The van der Waals surface area contributed by atoms with Gasteiger partial charge in [-0.2, -0.15) is 0 Å². The van der Waals surface area contributed by atoms with Gasteiger partial charge in [-0.15, -0.1) is 0 Å². The Balaban J connectivity index is 2.00. The SMILES string of the molecule is Cc1nc2ccccc2c(N)c1C(=O)c1c(C)nc2ccccc2c1N. The van der Waals surface area contributed by atoms with E-state index in [1.165, 1.54) is 0 Å². The number of hydrogen-bond acceptors (Lipinski definition) is 5. The molecule has 0 saturated carbocycles. The number of carbonyl (C=O) groups is 1. The zero-order valence-corrected chi connectivity index (χ0v) is 14.6. The van der Waals surface area contributed by atoms with E-state index < -0.39 is 0 Å². The maximum absolute atomic E-state index is 13.4. The summed E-state index contributed by atoms with van der Waals surface area (Å²) in [5.74, 6) is -0.244. The molecule has 0 aliphatic carbocycles. The average molecular weight is 342 g/mol. The van der Waals surface area contributed by atoms with Crippen LogP contribution in [0.5, 0.6) is 0 Å². The monoisotopic (exact) mass is 342 g/mol. The second kappa shape index (κ2) is 5.81. The fourth-order valence-corrected chi connectivity index (χ4v) is 3.43. The normalized spacial score (nSPS) is 11.2. The maximum Gasteiger partial charge on any atom is 0.200 e. The summed E-state index contributed by atoms with van der Waals surface area (Å²) in [6, 6.07) is 15.0. The van der Waals surface area contributed by atoms with Gasteiger partial charge in [0.15, 0.2) is 0 Å². The number of nitrogens with zero attached hydrogens (tertiary/aromatic N) is 2. The van der Waals surface area contributed by atoms with Crippen LogP contribution in [0.15, 0.2) is 48.5 Å². The molecule has 0 amide bonds. The molecule has 2 aromatic heterocycles. The van der Waals surface area contributed by atoms with Crippen LogP contribution in [-0.2, 0) is 0 Å². The largest absolute Gasteiger partial charge is 0.398 e. The molecule has 0 atom stereocenters. The molecule has 5 heteroatoms. The van der Waals surface area contributed by atoms with Crippen molar-refractivity contribution in [3.63, 3.8) is 0 Å². The summed E-state index contributed by atoms with van der Waals surface area (Å²) < 4.78 is 0. The second-order valence-corrected chi connectivity index (χ2v) is 6.34. The fraction of sp³-hybridized carbons (Fsp3) is 0.0952. The fourth-order valence-electron chi connectivity index (χ4n) is 3.43. The maximum atomic E-state index is 13.4. The number of para-hydroxylation sites is 2. The van der Waals surface area contributed by atoms with Crippen molar-refractivity contribution in [2.24, 2.45) is 0 Å². The number of nitrogen functional groups attached to an aromatic ring is 2. The van der Waals surface area contributed by atoms with Crippen LogP contribution in [0.4, 0.5) is 11.4 Å². The Labute approximate surface area is 150 Å². The zero-order valence-electron chi connectivity index (χ0n) is 14.6. The molecule has 0 unspecified atom stereocenters. The quantitative estimate of drug-likeness (QED) is 0.540. The summed E-state index contributed by atoms with van der Waals surface area (Å²) in [4.78, 5) is 22.5. The van der Waals surface area contributed by atoms with Gasteiger partial charge < -0.3 is 11.5 Å². The Bertz CT molecular complexity index is 1100. The second-order valence-electron chi connectivity index (χ2n) is 6.34. The molecular weight excluding hydrogens is 324 g/mol. The van der Waals surface area contributed by atoms with Crippen molar-refractivity contribution in [1.82, 2.24) is 9.97 Å². The van der Waals surface area contributed by atoms with Crippen molar-refractivity contribution in [2.75, 3.05) is 11.5 Å². The third-order valence-electron chi connectivity index (χ3n) is 4.68. The molecule has 0 spiro atoms. The predicted octanol–water partition coefficient (Wildman–Crippen LogP) is 3.80. The van der Waals surface area contributed by atoms with Gasteiger partial charge in [0.05, 0.1) is 44.9 Å². The van der Waals surface area contributed by atoms with Gasteiger partial charge in [0.25, 0.3) is 0 Å². The molecule has 2 heterocycles. The molecule has 4 aromatic rings. The third kappa shape index (κ3) is 2.29. The Hall–Kier alpha value is -3.47. The molecule has 128 valence electrons. The van der Waals surface area contributed by atoms with Crippen LogP contribution in [0.2, 0.25) is 0 Å². The van der Waals surface area contributed by atoms with E-state index in [4.69, 9.17) is 11.5 Å². The Morgan fingerprint density at radius 2 is 1.12 bits per heavy atom. The minimum Gasteiger partial charge on any atom is -0.398 e. The van der Waals surface area contributed by atoms with Crippen LogP contribution in [0.1, 0.15) is 27.3 Å². The Morgan fingerprint density at radius 3 is 1.54 bits per heavy atom. The first-order valence-electron chi connectivity index (χ1n) is 8.33. The molecule has 0 saturated heterocycles. The molecule has 0 bridgehead atoms. The first-order valence-corrected chi connectivity index (χ1v) is 8.33. The van der Waals surface area contributed by atoms with Gasteiger partial charge in [-0.1, -0.05) is 36.4 Å². The van der Waals surface area contributed by atoms with E-state index in [0.717, 1.165) is 21.8 Å². The summed E-state index contributed by atoms with van der Waals surface area (Å²) in [7, 11) is 0. The number of nitrogens with two attached hydrogens (primary N) is 2. The minimum atomic E-state index is -0.244. The van der Waals surface area contributed by atoms with E-state index in [-0.39, 0.29) is 5.78 Å². The number of carbonyl (C=O) groups excluding carboxylic acids is 1. The molecule has 2 aromatic carbocycles. The van der Waals surface area contributed by atoms with Gasteiger partial charge in [0.2, 0.25) is 5.78 Å². The first kappa shape index (κ1) is 16.0. The minimum absolute atomic E-state index is 0.244. The average Bonchev–Trinajstić information content (AvgIpc) is 2.62. The smallest absolute Gasteiger partial charge is 0.200 e. The molecule has 0 aliphatic rings. The van der Waals surface area contributed by atoms with Crippen molar-refractivity contribution < 1.29 is 4.79 Å². The number of benzene rings is 2. The zero-order chi connectivity index (χ0) is 18.4. The van der Waals surface area contributed by atoms with Crippen LogP contribution in [-0.4, -0.2) is 15.8 Å². The summed E-state index contributed by atoms with van der Waals surface area (Å²) in [5, 5.41) is 1.51. The Morgan fingerprint density at radius 1 is 0.731 bits per heavy atom. The lowest BCUT2D eigenvalue weighted by Crippen LogP contribution is -2.14. The number of hydrogen-bond donors (Lipinski definition) is 2. The van der Waals surface area contributed by atoms with Crippen LogP contribution in [0.25, 0.3) is 21.8 Å². The van der Waals surface area contributed by atoms with Crippen LogP contribution in [0.3, 0.4) is 0 Å². The molecule has 26 heavy (non-hydrogen) atoms. The highest BCUT2D eigenvalue weighted by Gasteiger charge is 2.24. The highest BCUT2D eigenvalue weighted by molar-refractivity contribution is 6.20. The molecular formula is C21H18N4O. The molecule has 4 N–H and O–H groups in total.